The summed E-state index contributed by atoms with van der Waals surface area (Å²) in [6.07, 6.45) is 3.36. The van der Waals surface area contributed by atoms with Gasteiger partial charge in [-0.05, 0) is 31.2 Å². The van der Waals surface area contributed by atoms with Gasteiger partial charge in [-0.2, -0.15) is 0 Å². The van der Waals surface area contributed by atoms with Crippen LogP contribution >= 0.6 is 0 Å². The topological polar surface area (TPSA) is 41.1 Å². The number of piperidine rings is 1. The maximum atomic E-state index is 11.8. The van der Waals surface area contributed by atoms with Crippen LogP contribution in [0.3, 0.4) is 0 Å². The number of hydrogen-bond donors (Lipinski definition) is 2. The van der Waals surface area contributed by atoms with Crippen molar-refractivity contribution in [3.8, 4) is 0 Å². The van der Waals surface area contributed by atoms with E-state index in [4.69, 9.17) is 0 Å². The Morgan fingerprint density at radius 2 is 2.13 bits per heavy atom. The van der Waals surface area contributed by atoms with E-state index in [-0.39, 0.29) is 11.9 Å². The van der Waals surface area contributed by atoms with Crippen LogP contribution in [0, 0.1) is 11.8 Å². The molecule has 2 atom stereocenters. The van der Waals surface area contributed by atoms with E-state index in [2.05, 4.69) is 31.4 Å². The van der Waals surface area contributed by atoms with Gasteiger partial charge in [0.05, 0.1) is 6.04 Å². The first-order valence-corrected chi connectivity index (χ1v) is 6.12. The van der Waals surface area contributed by atoms with Crippen LogP contribution in [-0.4, -0.2) is 25.0 Å². The van der Waals surface area contributed by atoms with Crippen molar-refractivity contribution in [2.45, 2.75) is 46.1 Å². The molecule has 0 aromatic heterocycles. The monoisotopic (exact) mass is 212 g/mol. The van der Waals surface area contributed by atoms with Gasteiger partial charge >= 0.3 is 0 Å². The second kappa shape index (κ2) is 6.11. The van der Waals surface area contributed by atoms with Gasteiger partial charge in [-0.3, -0.25) is 4.79 Å². The molecule has 1 fully saturated rings. The smallest absolute Gasteiger partial charge is 0.237 e. The summed E-state index contributed by atoms with van der Waals surface area (Å²) >= 11 is 0. The Bertz CT molecular complexity index is 198. The molecule has 0 aromatic rings. The molecular weight excluding hydrogens is 188 g/mol. The van der Waals surface area contributed by atoms with E-state index < -0.39 is 0 Å². The fraction of sp³-hybridized carbons (Fsp3) is 0.917. The van der Waals surface area contributed by atoms with Crippen molar-refractivity contribution < 1.29 is 4.79 Å². The molecule has 0 spiro atoms. The summed E-state index contributed by atoms with van der Waals surface area (Å²) in [4.78, 5) is 11.8. The Hall–Kier alpha value is -0.570. The average molecular weight is 212 g/mol. The summed E-state index contributed by atoms with van der Waals surface area (Å²) < 4.78 is 0. The Morgan fingerprint density at radius 3 is 2.67 bits per heavy atom. The Morgan fingerprint density at radius 1 is 1.40 bits per heavy atom. The van der Waals surface area contributed by atoms with Gasteiger partial charge in [0.1, 0.15) is 0 Å². The van der Waals surface area contributed by atoms with E-state index >= 15 is 0 Å². The van der Waals surface area contributed by atoms with Gasteiger partial charge in [0, 0.05) is 6.54 Å². The molecule has 1 aliphatic heterocycles. The third-order valence-corrected chi connectivity index (χ3v) is 3.36. The minimum atomic E-state index is 0.0538. The fourth-order valence-electron chi connectivity index (χ4n) is 1.70. The van der Waals surface area contributed by atoms with Crippen LogP contribution in [0.4, 0.5) is 0 Å². The lowest BCUT2D eigenvalue weighted by molar-refractivity contribution is -0.123. The summed E-state index contributed by atoms with van der Waals surface area (Å²) in [6.45, 7) is 8.34. The average Bonchev–Trinajstić information content (AvgIpc) is 2.26. The van der Waals surface area contributed by atoms with E-state index in [1.165, 1.54) is 12.8 Å². The molecule has 1 aliphatic rings. The number of hydrogen-bond acceptors (Lipinski definition) is 2. The highest BCUT2D eigenvalue weighted by molar-refractivity contribution is 5.81. The molecule has 3 heteroatoms. The van der Waals surface area contributed by atoms with Crippen LogP contribution < -0.4 is 10.6 Å². The molecule has 15 heavy (non-hydrogen) atoms. The quantitative estimate of drug-likeness (QED) is 0.742. The largest absolute Gasteiger partial charge is 0.354 e. The molecule has 0 bridgehead atoms. The molecule has 1 rings (SSSR count). The Balaban J connectivity index is 2.22. The minimum absolute atomic E-state index is 0.0538. The van der Waals surface area contributed by atoms with E-state index in [9.17, 15) is 4.79 Å². The Labute approximate surface area is 93.0 Å². The summed E-state index contributed by atoms with van der Waals surface area (Å²) in [5, 5.41) is 6.29. The highest BCUT2D eigenvalue weighted by Crippen LogP contribution is 2.09. The molecule has 88 valence electrons. The highest BCUT2D eigenvalue weighted by Gasteiger charge is 2.20. The third-order valence-electron chi connectivity index (χ3n) is 3.36. The molecule has 0 radical (unpaired) electrons. The van der Waals surface area contributed by atoms with Gasteiger partial charge in [0.15, 0.2) is 0 Å². The first-order valence-electron chi connectivity index (χ1n) is 6.12. The maximum absolute atomic E-state index is 11.8. The summed E-state index contributed by atoms with van der Waals surface area (Å²) in [7, 11) is 0. The number of carbonyl (C=O) groups is 1. The number of amides is 1. The van der Waals surface area contributed by atoms with Gasteiger partial charge in [0.2, 0.25) is 5.91 Å². The highest BCUT2D eigenvalue weighted by atomic mass is 16.2. The Kier molecular flexibility index (Phi) is 5.09. The zero-order chi connectivity index (χ0) is 11.3. The standard InChI is InChI=1S/C12H24N2O/c1-9(2)10(3)8-14-12(15)11-6-4-5-7-13-11/h9-11,13H,4-8H2,1-3H3,(H,14,15)/t10?,11-/m0/s1. The van der Waals surface area contributed by atoms with Crippen LogP contribution in [0.15, 0.2) is 0 Å². The zero-order valence-electron chi connectivity index (χ0n) is 10.2. The molecule has 1 amide bonds. The minimum Gasteiger partial charge on any atom is -0.354 e. The summed E-state index contributed by atoms with van der Waals surface area (Å²) in [6, 6.07) is 0.0538. The lowest BCUT2D eigenvalue weighted by Gasteiger charge is -2.24. The zero-order valence-corrected chi connectivity index (χ0v) is 10.2. The second-order valence-electron chi connectivity index (χ2n) is 4.97. The van der Waals surface area contributed by atoms with Crippen LogP contribution in [-0.2, 0) is 4.79 Å². The molecule has 3 nitrogen and oxygen atoms in total. The van der Waals surface area contributed by atoms with Crippen molar-refractivity contribution in [1.82, 2.24) is 10.6 Å². The normalized spacial score (nSPS) is 23.9. The van der Waals surface area contributed by atoms with Crippen molar-refractivity contribution in [3.05, 3.63) is 0 Å². The predicted molar refractivity (Wildman–Crippen MR) is 62.7 cm³/mol. The summed E-state index contributed by atoms with van der Waals surface area (Å²) in [5.41, 5.74) is 0. The van der Waals surface area contributed by atoms with Crippen LogP contribution in [0.1, 0.15) is 40.0 Å². The van der Waals surface area contributed by atoms with E-state index in [1.807, 2.05) is 0 Å². The molecule has 2 N–H and O–H groups in total. The van der Waals surface area contributed by atoms with E-state index in [1.54, 1.807) is 0 Å². The first-order chi connectivity index (χ1) is 7.11. The van der Waals surface area contributed by atoms with E-state index in [0.717, 1.165) is 19.5 Å². The van der Waals surface area contributed by atoms with Crippen molar-refractivity contribution in [2.75, 3.05) is 13.1 Å². The molecule has 0 saturated carbocycles. The number of nitrogens with one attached hydrogen (secondary N) is 2. The van der Waals surface area contributed by atoms with E-state index in [0.29, 0.717) is 11.8 Å². The van der Waals surface area contributed by atoms with Gasteiger partial charge < -0.3 is 10.6 Å². The van der Waals surface area contributed by atoms with Gasteiger partial charge in [-0.1, -0.05) is 27.2 Å². The molecule has 1 saturated heterocycles. The SMILES string of the molecule is CC(C)C(C)CNC(=O)[C@@H]1CCCCN1. The summed E-state index contributed by atoms with van der Waals surface area (Å²) in [5.74, 6) is 1.37. The van der Waals surface area contributed by atoms with Gasteiger partial charge in [-0.25, -0.2) is 0 Å². The van der Waals surface area contributed by atoms with Crippen LogP contribution in [0.5, 0.6) is 0 Å². The number of carbonyl (C=O) groups excluding carboxylic acids is 1. The molecular formula is C12H24N2O. The van der Waals surface area contributed by atoms with Crippen molar-refractivity contribution in [3.63, 3.8) is 0 Å². The van der Waals surface area contributed by atoms with Crippen molar-refractivity contribution in [1.29, 1.82) is 0 Å². The maximum Gasteiger partial charge on any atom is 0.237 e. The number of rotatable bonds is 4. The molecule has 0 aliphatic carbocycles. The molecule has 0 aromatic carbocycles. The van der Waals surface area contributed by atoms with Crippen LogP contribution in [0.2, 0.25) is 0 Å². The second-order valence-corrected chi connectivity index (χ2v) is 4.97. The van der Waals surface area contributed by atoms with Gasteiger partial charge in [-0.15, -0.1) is 0 Å². The predicted octanol–water partition coefficient (Wildman–Crippen LogP) is 1.54. The van der Waals surface area contributed by atoms with Gasteiger partial charge in [0.25, 0.3) is 0 Å². The molecule has 1 unspecified atom stereocenters. The van der Waals surface area contributed by atoms with Crippen LogP contribution in [0.25, 0.3) is 0 Å². The van der Waals surface area contributed by atoms with Crippen molar-refractivity contribution >= 4 is 5.91 Å². The fourth-order valence-corrected chi connectivity index (χ4v) is 1.70. The third kappa shape index (κ3) is 4.20. The van der Waals surface area contributed by atoms with Crippen molar-refractivity contribution in [2.24, 2.45) is 11.8 Å². The molecule has 1 heterocycles. The lowest BCUT2D eigenvalue weighted by Crippen LogP contribution is -2.47. The lowest BCUT2D eigenvalue weighted by atomic mass is 9.98. The first kappa shape index (κ1) is 12.5.